The number of aliphatic carboxylic acids is 1. The number of ether oxygens (including phenoxy) is 1. The minimum Gasteiger partial charge on any atom is -0.481 e. The molecule has 4 atom stereocenters. The SMILES string of the molecule is O=C(O)CCC(NC(=O)OCC1c2ccccc2-c2ccccc21)C(=O)NC1CCC2CCCC21. The Hall–Kier alpha value is -3.35. The summed E-state index contributed by atoms with van der Waals surface area (Å²) in [5, 5.41) is 14.9. The van der Waals surface area contributed by atoms with E-state index in [1.807, 2.05) is 36.4 Å². The molecule has 7 heteroatoms. The lowest BCUT2D eigenvalue weighted by molar-refractivity contribution is -0.137. The van der Waals surface area contributed by atoms with E-state index in [9.17, 15) is 14.4 Å². The maximum absolute atomic E-state index is 13.0. The van der Waals surface area contributed by atoms with E-state index in [0.29, 0.717) is 11.8 Å². The Morgan fingerprint density at radius 3 is 2.31 bits per heavy atom. The quantitative estimate of drug-likeness (QED) is 0.522. The van der Waals surface area contributed by atoms with Gasteiger partial charge in [0.05, 0.1) is 0 Å². The van der Waals surface area contributed by atoms with Crippen LogP contribution in [0.2, 0.25) is 0 Å². The molecule has 0 aromatic heterocycles. The molecule has 3 aliphatic carbocycles. The largest absolute Gasteiger partial charge is 0.481 e. The van der Waals surface area contributed by atoms with Crippen LogP contribution in [-0.4, -0.2) is 41.8 Å². The highest BCUT2D eigenvalue weighted by molar-refractivity contribution is 5.86. The molecule has 0 heterocycles. The van der Waals surface area contributed by atoms with Crippen LogP contribution in [0.3, 0.4) is 0 Å². The minimum atomic E-state index is -1.01. The van der Waals surface area contributed by atoms with Gasteiger partial charge in [-0.15, -0.1) is 0 Å². The standard InChI is InChI=1S/C28H32N2O5/c31-26(32)15-14-25(27(33)29-24-13-12-17-6-5-11-18(17)24)30-28(34)35-16-23-21-9-3-1-7-19(21)20-8-2-4-10-22(20)23/h1-4,7-10,17-18,23-25H,5-6,11-16H2,(H,29,33)(H,30,34)(H,31,32). The van der Waals surface area contributed by atoms with Crippen molar-refractivity contribution in [3.63, 3.8) is 0 Å². The lowest BCUT2D eigenvalue weighted by Gasteiger charge is -2.24. The van der Waals surface area contributed by atoms with Crippen LogP contribution in [0.15, 0.2) is 48.5 Å². The van der Waals surface area contributed by atoms with Gasteiger partial charge in [0.2, 0.25) is 5.91 Å². The van der Waals surface area contributed by atoms with E-state index in [4.69, 9.17) is 9.84 Å². The number of amides is 2. The number of carbonyl (C=O) groups is 3. The van der Waals surface area contributed by atoms with E-state index in [-0.39, 0.29) is 37.3 Å². The number of carboxylic acids is 1. The molecule has 2 fully saturated rings. The molecule has 2 aromatic carbocycles. The van der Waals surface area contributed by atoms with Crippen LogP contribution < -0.4 is 10.6 Å². The molecule has 184 valence electrons. The molecule has 0 bridgehead atoms. The fraction of sp³-hybridized carbons (Fsp3) is 0.464. The maximum Gasteiger partial charge on any atom is 0.407 e. The van der Waals surface area contributed by atoms with Crippen molar-refractivity contribution in [2.45, 2.75) is 62.9 Å². The van der Waals surface area contributed by atoms with Gasteiger partial charge in [0.25, 0.3) is 0 Å². The number of carboxylic acid groups (broad SMARTS) is 1. The summed E-state index contributed by atoms with van der Waals surface area (Å²) in [6, 6.07) is 15.3. The van der Waals surface area contributed by atoms with E-state index >= 15 is 0 Å². The van der Waals surface area contributed by atoms with Gasteiger partial charge in [-0.25, -0.2) is 4.79 Å². The first-order valence-electron chi connectivity index (χ1n) is 12.6. The van der Waals surface area contributed by atoms with Crippen LogP contribution in [-0.2, 0) is 14.3 Å². The average molecular weight is 477 g/mol. The van der Waals surface area contributed by atoms with Crippen molar-refractivity contribution < 1.29 is 24.2 Å². The third kappa shape index (κ3) is 4.90. The third-order valence-corrected chi connectivity index (χ3v) is 8.01. The lowest BCUT2D eigenvalue weighted by atomic mass is 9.97. The minimum absolute atomic E-state index is 0.0200. The molecule has 3 N–H and O–H groups in total. The van der Waals surface area contributed by atoms with Crippen molar-refractivity contribution in [1.82, 2.24) is 10.6 Å². The first-order chi connectivity index (χ1) is 17.0. The van der Waals surface area contributed by atoms with E-state index in [1.54, 1.807) is 0 Å². The topological polar surface area (TPSA) is 105 Å². The summed E-state index contributed by atoms with van der Waals surface area (Å²) < 4.78 is 5.59. The maximum atomic E-state index is 13.0. The molecule has 0 saturated heterocycles. The van der Waals surface area contributed by atoms with Gasteiger partial charge in [-0.2, -0.15) is 0 Å². The fourth-order valence-corrected chi connectivity index (χ4v) is 6.34. The van der Waals surface area contributed by atoms with E-state index < -0.39 is 18.1 Å². The molecule has 3 aliphatic rings. The number of hydrogen-bond acceptors (Lipinski definition) is 4. The Labute approximate surface area is 205 Å². The number of hydrogen-bond donors (Lipinski definition) is 3. The van der Waals surface area contributed by atoms with Crippen LogP contribution in [0.4, 0.5) is 4.79 Å². The van der Waals surface area contributed by atoms with E-state index in [1.165, 1.54) is 12.8 Å². The monoisotopic (exact) mass is 476 g/mol. The van der Waals surface area contributed by atoms with Crippen LogP contribution in [0.1, 0.15) is 62.0 Å². The molecule has 2 aromatic rings. The predicted octanol–water partition coefficient (Wildman–Crippen LogP) is 4.45. The number of alkyl carbamates (subject to hydrolysis) is 1. The summed E-state index contributed by atoms with van der Waals surface area (Å²) in [6.45, 7) is 0.138. The lowest BCUT2D eigenvalue weighted by Crippen LogP contribution is -2.50. The predicted molar refractivity (Wildman–Crippen MR) is 131 cm³/mol. The van der Waals surface area contributed by atoms with Crippen LogP contribution in [0.25, 0.3) is 11.1 Å². The Balaban J connectivity index is 1.22. The number of fused-ring (bicyclic) bond motifs is 4. The molecule has 0 spiro atoms. The van der Waals surface area contributed by atoms with Crippen molar-refractivity contribution in [3.8, 4) is 11.1 Å². The number of benzene rings is 2. The molecular formula is C28H32N2O5. The highest BCUT2D eigenvalue weighted by atomic mass is 16.5. The van der Waals surface area contributed by atoms with Crippen molar-refractivity contribution in [2.24, 2.45) is 11.8 Å². The van der Waals surface area contributed by atoms with Gasteiger partial charge in [0, 0.05) is 18.4 Å². The first-order valence-corrected chi connectivity index (χ1v) is 12.6. The van der Waals surface area contributed by atoms with Crippen LogP contribution in [0, 0.1) is 11.8 Å². The molecule has 7 nitrogen and oxygen atoms in total. The summed E-state index contributed by atoms with van der Waals surface area (Å²) in [7, 11) is 0. The molecule has 5 rings (SSSR count). The Morgan fingerprint density at radius 1 is 0.943 bits per heavy atom. The van der Waals surface area contributed by atoms with Gasteiger partial charge in [-0.05, 0) is 59.8 Å². The van der Waals surface area contributed by atoms with Gasteiger partial charge in [0.15, 0.2) is 0 Å². The summed E-state index contributed by atoms with van der Waals surface area (Å²) in [5.74, 6) is -0.246. The Bertz CT molecular complexity index is 1070. The number of rotatable bonds is 8. The van der Waals surface area contributed by atoms with Crippen molar-refractivity contribution in [1.29, 1.82) is 0 Å². The van der Waals surface area contributed by atoms with Crippen molar-refractivity contribution in [2.75, 3.05) is 6.61 Å². The van der Waals surface area contributed by atoms with Crippen molar-refractivity contribution in [3.05, 3.63) is 59.7 Å². The highest BCUT2D eigenvalue weighted by Gasteiger charge is 2.40. The molecule has 2 saturated carbocycles. The van der Waals surface area contributed by atoms with Gasteiger partial charge in [-0.3, -0.25) is 9.59 Å². The van der Waals surface area contributed by atoms with Gasteiger partial charge >= 0.3 is 12.1 Å². The van der Waals surface area contributed by atoms with Gasteiger partial charge in [-0.1, -0.05) is 61.4 Å². The van der Waals surface area contributed by atoms with Crippen molar-refractivity contribution >= 4 is 18.0 Å². The van der Waals surface area contributed by atoms with Gasteiger partial charge in [0.1, 0.15) is 12.6 Å². The van der Waals surface area contributed by atoms with E-state index in [0.717, 1.165) is 41.5 Å². The molecule has 2 amide bonds. The fourth-order valence-electron chi connectivity index (χ4n) is 6.34. The summed E-state index contributed by atoms with van der Waals surface area (Å²) in [5.41, 5.74) is 4.48. The summed E-state index contributed by atoms with van der Waals surface area (Å²) in [4.78, 5) is 37.0. The molecule has 0 aliphatic heterocycles. The first kappa shape index (κ1) is 23.4. The Morgan fingerprint density at radius 2 is 1.63 bits per heavy atom. The Kier molecular flexibility index (Phi) is 6.75. The number of carbonyl (C=O) groups excluding carboxylic acids is 2. The zero-order chi connectivity index (χ0) is 24.4. The van der Waals surface area contributed by atoms with Gasteiger partial charge < -0.3 is 20.5 Å². The second kappa shape index (κ2) is 10.1. The highest BCUT2D eigenvalue weighted by Crippen LogP contribution is 2.45. The zero-order valence-electron chi connectivity index (χ0n) is 19.7. The molecule has 4 unspecified atom stereocenters. The zero-order valence-corrected chi connectivity index (χ0v) is 19.7. The van der Waals surface area contributed by atoms with Crippen LogP contribution >= 0.6 is 0 Å². The molecule has 0 radical (unpaired) electrons. The van der Waals surface area contributed by atoms with Crippen LogP contribution in [0.5, 0.6) is 0 Å². The summed E-state index contributed by atoms with van der Waals surface area (Å²) >= 11 is 0. The third-order valence-electron chi connectivity index (χ3n) is 8.01. The molecular weight excluding hydrogens is 444 g/mol. The average Bonchev–Trinajstić information content (AvgIpc) is 3.55. The second-order valence-electron chi connectivity index (χ2n) is 10.0. The number of nitrogens with one attached hydrogen (secondary N) is 2. The smallest absolute Gasteiger partial charge is 0.407 e. The summed E-state index contributed by atoms with van der Waals surface area (Å²) in [6.07, 6.45) is 4.70. The molecule has 35 heavy (non-hydrogen) atoms. The van der Waals surface area contributed by atoms with E-state index in [2.05, 4.69) is 22.8 Å². The second-order valence-corrected chi connectivity index (χ2v) is 10.0. The normalized spacial score (nSPS) is 23.1.